The molecule has 1 aliphatic heterocycles. The molecule has 0 bridgehead atoms. The molecule has 0 aliphatic carbocycles. The molecule has 1 aliphatic rings. The normalized spacial score (nSPS) is 13.6. The first-order valence-corrected chi connectivity index (χ1v) is 8.85. The van der Waals surface area contributed by atoms with Crippen LogP contribution in [0.2, 0.25) is 0 Å². The zero-order valence-electron chi connectivity index (χ0n) is 14.2. The van der Waals surface area contributed by atoms with Crippen LogP contribution in [0.5, 0.6) is 11.5 Å². The lowest BCUT2D eigenvalue weighted by molar-refractivity contribution is 0.102. The molecule has 1 fully saturated rings. The molecule has 1 saturated heterocycles. The maximum absolute atomic E-state index is 12.5. The van der Waals surface area contributed by atoms with Gasteiger partial charge in [0.2, 0.25) is 0 Å². The minimum Gasteiger partial charge on any atom is -0.495 e. The number of carbonyl (C=O) groups is 1. The summed E-state index contributed by atoms with van der Waals surface area (Å²) in [5.41, 5.74) is 1.09. The van der Waals surface area contributed by atoms with Crippen molar-refractivity contribution in [2.45, 2.75) is 12.8 Å². The van der Waals surface area contributed by atoms with Gasteiger partial charge in [-0.25, -0.2) is 4.98 Å². The lowest BCUT2D eigenvalue weighted by atomic mass is 10.2. The monoisotopic (exact) mass is 405 g/mol. The zero-order chi connectivity index (χ0) is 17.8. The van der Waals surface area contributed by atoms with Gasteiger partial charge in [0, 0.05) is 18.7 Å². The Bertz CT molecular complexity index is 734. The second-order valence-corrected chi connectivity index (χ2v) is 6.54. The van der Waals surface area contributed by atoms with Gasteiger partial charge >= 0.3 is 0 Å². The van der Waals surface area contributed by atoms with Crippen LogP contribution in [-0.4, -0.2) is 38.2 Å². The summed E-state index contributed by atoms with van der Waals surface area (Å²) in [6.07, 6.45) is 4.08. The Morgan fingerprint density at radius 1 is 1.16 bits per heavy atom. The summed E-state index contributed by atoms with van der Waals surface area (Å²) in [5.74, 6) is 1.77. The molecule has 0 unspecified atom stereocenters. The molecule has 2 aromatic rings. The fourth-order valence-electron chi connectivity index (χ4n) is 2.80. The molecule has 3 rings (SSSR count). The van der Waals surface area contributed by atoms with E-state index in [0.717, 1.165) is 18.9 Å². The molecule has 1 aromatic carbocycles. The number of ether oxygens (including phenoxy) is 2. The Balaban J connectivity index is 1.75. The van der Waals surface area contributed by atoms with Crippen LogP contribution in [0, 0.1) is 0 Å². The van der Waals surface area contributed by atoms with Crippen molar-refractivity contribution in [1.82, 2.24) is 4.98 Å². The van der Waals surface area contributed by atoms with Gasteiger partial charge in [0.15, 0.2) is 0 Å². The summed E-state index contributed by atoms with van der Waals surface area (Å²) < 4.78 is 11.2. The lowest BCUT2D eigenvalue weighted by Crippen LogP contribution is -2.19. The molecule has 1 amide bonds. The standard InChI is InChI=1S/C18H20BrN3O3/c1-24-14-9-12(10-15(25-2)17(14)19)18(23)21-13-5-6-16(20-11-13)22-7-3-4-8-22/h5-6,9-11H,3-4,7-8H2,1-2H3,(H,21,23). The van der Waals surface area contributed by atoms with Crippen molar-refractivity contribution >= 4 is 33.3 Å². The van der Waals surface area contributed by atoms with Gasteiger partial charge in [0.25, 0.3) is 5.91 Å². The summed E-state index contributed by atoms with van der Waals surface area (Å²) in [7, 11) is 3.09. The Hall–Kier alpha value is -2.28. The third-order valence-corrected chi connectivity index (χ3v) is 4.93. The van der Waals surface area contributed by atoms with Crippen LogP contribution in [0.25, 0.3) is 0 Å². The van der Waals surface area contributed by atoms with Gasteiger partial charge in [-0.3, -0.25) is 4.79 Å². The Morgan fingerprint density at radius 2 is 1.80 bits per heavy atom. The SMILES string of the molecule is COc1cc(C(=O)Nc2ccc(N3CCCC3)nc2)cc(OC)c1Br. The van der Waals surface area contributed by atoms with Gasteiger partial charge in [-0.05, 0) is 53.0 Å². The number of methoxy groups -OCH3 is 2. The number of amides is 1. The number of nitrogens with zero attached hydrogens (tertiary/aromatic N) is 2. The predicted molar refractivity (Wildman–Crippen MR) is 101 cm³/mol. The van der Waals surface area contributed by atoms with E-state index in [2.05, 4.69) is 31.1 Å². The molecule has 2 heterocycles. The number of carbonyl (C=O) groups excluding carboxylic acids is 1. The van der Waals surface area contributed by atoms with Crippen molar-refractivity contribution in [3.8, 4) is 11.5 Å². The zero-order valence-corrected chi connectivity index (χ0v) is 15.8. The minimum absolute atomic E-state index is 0.250. The fourth-order valence-corrected chi connectivity index (χ4v) is 3.35. The highest BCUT2D eigenvalue weighted by atomic mass is 79.9. The van der Waals surface area contributed by atoms with Gasteiger partial charge in [-0.15, -0.1) is 0 Å². The number of anilines is 2. The maximum Gasteiger partial charge on any atom is 0.255 e. The van der Waals surface area contributed by atoms with Crippen molar-refractivity contribution in [3.63, 3.8) is 0 Å². The van der Waals surface area contributed by atoms with Gasteiger partial charge in [-0.1, -0.05) is 0 Å². The van der Waals surface area contributed by atoms with Crippen LogP contribution < -0.4 is 19.7 Å². The van der Waals surface area contributed by atoms with Crippen molar-refractivity contribution in [2.75, 3.05) is 37.5 Å². The van der Waals surface area contributed by atoms with Crippen LogP contribution >= 0.6 is 15.9 Å². The van der Waals surface area contributed by atoms with E-state index in [1.807, 2.05) is 12.1 Å². The van der Waals surface area contributed by atoms with Crippen LogP contribution in [0.15, 0.2) is 34.9 Å². The minimum atomic E-state index is -0.250. The smallest absolute Gasteiger partial charge is 0.255 e. The van der Waals surface area contributed by atoms with Gasteiger partial charge < -0.3 is 19.7 Å². The maximum atomic E-state index is 12.5. The summed E-state index contributed by atoms with van der Waals surface area (Å²) in [5, 5.41) is 2.85. The fraction of sp³-hybridized carbons (Fsp3) is 0.333. The quantitative estimate of drug-likeness (QED) is 0.820. The van der Waals surface area contributed by atoms with E-state index < -0.39 is 0 Å². The van der Waals surface area contributed by atoms with Crippen LogP contribution in [0.3, 0.4) is 0 Å². The van der Waals surface area contributed by atoms with Gasteiger partial charge in [0.1, 0.15) is 21.8 Å². The summed E-state index contributed by atoms with van der Waals surface area (Å²) in [6, 6.07) is 7.12. The van der Waals surface area contributed by atoms with E-state index in [1.165, 1.54) is 12.8 Å². The third-order valence-electron chi connectivity index (χ3n) is 4.14. The van der Waals surface area contributed by atoms with E-state index in [0.29, 0.717) is 27.2 Å². The van der Waals surface area contributed by atoms with Crippen LogP contribution in [0.4, 0.5) is 11.5 Å². The Labute approximate surface area is 155 Å². The first-order valence-electron chi connectivity index (χ1n) is 8.06. The average molecular weight is 406 g/mol. The van der Waals surface area contributed by atoms with Crippen LogP contribution in [0.1, 0.15) is 23.2 Å². The third kappa shape index (κ3) is 3.87. The number of halogens is 1. The van der Waals surface area contributed by atoms with E-state index in [9.17, 15) is 4.79 Å². The molecule has 0 atom stereocenters. The number of aromatic nitrogens is 1. The van der Waals surface area contributed by atoms with Crippen LogP contribution in [-0.2, 0) is 0 Å². The largest absolute Gasteiger partial charge is 0.495 e. The number of hydrogen-bond acceptors (Lipinski definition) is 5. The number of benzene rings is 1. The molecule has 0 spiro atoms. The Morgan fingerprint density at radius 3 is 2.32 bits per heavy atom. The summed E-state index contributed by atoms with van der Waals surface area (Å²) in [6.45, 7) is 2.08. The number of pyridine rings is 1. The highest BCUT2D eigenvalue weighted by molar-refractivity contribution is 9.10. The molecular formula is C18H20BrN3O3. The first-order chi connectivity index (χ1) is 12.1. The van der Waals surface area contributed by atoms with Gasteiger partial charge in [-0.2, -0.15) is 0 Å². The molecule has 1 aromatic heterocycles. The summed E-state index contributed by atoms with van der Waals surface area (Å²) in [4.78, 5) is 19.2. The highest BCUT2D eigenvalue weighted by Gasteiger charge is 2.16. The molecule has 132 valence electrons. The van der Waals surface area contributed by atoms with Crippen molar-refractivity contribution in [3.05, 3.63) is 40.5 Å². The second kappa shape index (κ2) is 7.74. The number of hydrogen-bond donors (Lipinski definition) is 1. The molecular weight excluding hydrogens is 386 g/mol. The van der Waals surface area contributed by atoms with Crippen molar-refractivity contribution in [1.29, 1.82) is 0 Å². The second-order valence-electron chi connectivity index (χ2n) is 5.75. The molecule has 0 saturated carbocycles. The number of rotatable bonds is 5. The van der Waals surface area contributed by atoms with E-state index in [1.54, 1.807) is 32.5 Å². The average Bonchev–Trinajstić information content (AvgIpc) is 3.17. The Kier molecular flexibility index (Phi) is 5.43. The molecule has 7 heteroatoms. The highest BCUT2D eigenvalue weighted by Crippen LogP contribution is 2.35. The molecule has 1 N–H and O–H groups in total. The lowest BCUT2D eigenvalue weighted by Gasteiger charge is -2.16. The first kappa shape index (κ1) is 17.5. The van der Waals surface area contributed by atoms with Crippen molar-refractivity contribution < 1.29 is 14.3 Å². The van der Waals surface area contributed by atoms with E-state index >= 15 is 0 Å². The predicted octanol–water partition coefficient (Wildman–Crippen LogP) is 3.71. The van der Waals surface area contributed by atoms with Crippen molar-refractivity contribution in [2.24, 2.45) is 0 Å². The molecule has 25 heavy (non-hydrogen) atoms. The number of nitrogens with one attached hydrogen (secondary N) is 1. The topological polar surface area (TPSA) is 63.7 Å². The van der Waals surface area contributed by atoms with Gasteiger partial charge in [0.05, 0.1) is 26.1 Å². The summed E-state index contributed by atoms with van der Waals surface area (Å²) >= 11 is 3.40. The molecule has 6 nitrogen and oxygen atoms in total. The molecule has 0 radical (unpaired) electrons. The van der Waals surface area contributed by atoms with E-state index in [-0.39, 0.29) is 5.91 Å². The van der Waals surface area contributed by atoms with E-state index in [4.69, 9.17) is 9.47 Å².